The number of hydrogen-bond donors (Lipinski definition) is 2. The number of benzene rings is 3. The van der Waals surface area contributed by atoms with Crippen LogP contribution < -0.4 is 14.9 Å². The van der Waals surface area contributed by atoms with Gasteiger partial charge in [0.2, 0.25) is 15.9 Å². The van der Waals surface area contributed by atoms with Gasteiger partial charge < -0.3 is 10.2 Å². The molecule has 0 radical (unpaired) electrons. The van der Waals surface area contributed by atoms with Gasteiger partial charge in [0.15, 0.2) is 0 Å². The van der Waals surface area contributed by atoms with E-state index in [4.69, 9.17) is 0 Å². The molecule has 178 valence electrons. The molecule has 3 aromatic rings. The topological polar surface area (TPSA) is 78.5 Å². The van der Waals surface area contributed by atoms with Gasteiger partial charge in [0.25, 0.3) is 0 Å². The monoisotopic (exact) mass is 477 g/mol. The van der Waals surface area contributed by atoms with E-state index in [0.717, 1.165) is 48.9 Å². The molecule has 1 unspecified atom stereocenters. The zero-order valence-corrected chi connectivity index (χ0v) is 20.2. The van der Waals surface area contributed by atoms with Crippen molar-refractivity contribution in [1.82, 2.24) is 5.32 Å². The quantitative estimate of drug-likeness (QED) is 0.442. The zero-order chi connectivity index (χ0) is 24.0. The third-order valence-corrected chi connectivity index (χ3v) is 6.76. The molecular weight excluding hydrogens is 446 g/mol. The summed E-state index contributed by atoms with van der Waals surface area (Å²) in [7, 11) is -3.41. The molecular formula is C27H31N3O3S. The Bertz CT molecular complexity index is 1190. The van der Waals surface area contributed by atoms with Gasteiger partial charge in [-0.25, -0.2) is 8.42 Å². The van der Waals surface area contributed by atoms with Crippen molar-refractivity contribution in [3.63, 3.8) is 0 Å². The molecule has 4 rings (SSSR count). The summed E-state index contributed by atoms with van der Waals surface area (Å²) >= 11 is 0. The summed E-state index contributed by atoms with van der Waals surface area (Å²) in [4.78, 5) is 15.0. The molecule has 0 bridgehead atoms. The highest BCUT2D eigenvalue weighted by atomic mass is 32.2. The van der Waals surface area contributed by atoms with Gasteiger partial charge >= 0.3 is 0 Å². The lowest BCUT2D eigenvalue weighted by molar-refractivity contribution is -0.124. The second-order valence-corrected chi connectivity index (χ2v) is 10.5. The normalized spacial score (nSPS) is 15.0. The molecule has 7 heteroatoms. The first kappa shape index (κ1) is 23.8. The first-order chi connectivity index (χ1) is 16.4. The van der Waals surface area contributed by atoms with E-state index < -0.39 is 10.0 Å². The smallest absolute Gasteiger partial charge is 0.229 e. The Morgan fingerprint density at radius 3 is 2.18 bits per heavy atom. The van der Waals surface area contributed by atoms with Crippen LogP contribution in [0.15, 0.2) is 84.9 Å². The maximum absolute atomic E-state index is 12.9. The van der Waals surface area contributed by atoms with Crippen LogP contribution in [0.1, 0.15) is 37.3 Å². The minimum atomic E-state index is -3.41. The molecule has 0 heterocycles. The molecule has 6 nitrogen and oxygen atoms in total. The summed E-state index contributed by atoms with van der Waals surface area (Å²) < 4.78 is 26.2. The minimum Gasteiger partial charge on any atom is -0.353 e. The van der Waals surface area contributed by atoms with Crippen molar-refractivity contribution in [2.45, 2.75) is 31.7 Å². The number of sulfonamides is 1. The fourth-order valence-corrected chi connectivity index (χ4v) is 5.15. The van der Waals surface area contributed by atoms with Crippen molar-refractivity contribution in [1.29, 1.82) is 0 Å². The van der Waals surface area contributed by atoms with Crippen LogP contribution >= 0.6 is 0 Å². The third-order valence-electron chi connectivity index (χ3n) is 6.15. The van der Waals surface area contributed by atoms with Gasteiger partial charge in [0.1, 0.15) is 0 Å². The number of carbonyl (C=O) groups excluding carboxylic acids is 1. The fraction of sp³-hybridized carbons (Fsp3) is 0.296. The van der Waals surface area contributed by atoms with Crippen LogP contribution in [-0.2, 0) is 14.8 Å². The first-order valence-corrected chi connectivity index (χ1v) is 13.5. The van der Waals surface area contributed by atoms with Crippen molar-refractivity contribution < 1.29 is 13.2 Å². The largest absolute Gasteiger partial charge is 0.353 e. The number of para-hydroxylation sites is 1. The van der Waals surface area contributed by atoms with Crippen LogP contribution in [0.25, 0.3) is 0 Å². The van der Waals surface area contributed by atoms with Gasteiger partial charge in [-0.15, -0.1) is 0 Å². The highest BCUT2D eigenvalue weighted by Gasteiger charge is 2.27. The third kappa shape index (κ3) is 6.17. The second kappa shape index (κ2) is 10.7. The van der Waals surface area contributed by atoms with Crippen LogP contribution in [-0.4, -0.2) is 27.1 Å². The molecule has 1 fully saturated rings. The van der Waals surface area contributed by atoms with Crippen LogP contribution in [0.4, 0.5) is 17.1 Å². The molecule has 1 amide bonds. The molecule has 3 aromatic carbocycles. The number of amides is 1. The predicted octanol–water partition coefficient (Wildman–Crippen LogP) is 5.24. The van der Waals surface area contributed by atoms with Crippen LogP contribution in [0.2, 0.25) is 0 Å². The van der Waals surface area contributed by atoms with Crippen molar-refractivity contribution >= 4 is 33.0 Å². The van der Waals surface area contributed by atoms with E-state index in [1.165, 1.54) is 0 Å². The Hall–Kier alpha value is -3.32. The fourth-order valence-electron chi connectivity index (χ4n) is 4.59. The molecule has 0 aliphatic heterocycles. The predicted molar refractivity (Wildman–Crippen MR) is 138 cm³/mol. The molecule has 2 N–H and O–H groups in total. The standard InChI is InChI=1S/C27H31N3O3S/c1-34(32,33)29-23-15-10-18-25(19-23)30(24-16-6-3-7-17-24)26(21-11-4-2-5-12-21)20-28-27(31)22-13-8-9-14-22/h2-7,10-12,15-19,22,26,29H,8-9,13-14,20H2,1H3,(H,28,31). The summed E-state index contributed by atoms with van der Waals surface area (Å²) in [6, 6.07) is 27.2. The molecule has 1 aliphatic carbocycles. The summed E-state index contributed by atoms with van der Waals surface area (Å²) in [5, 5.41) is 3.20. The van der Waals surface area contributed by atoms with Gasteiger partial charge in [-0.3, -0.25) is 9.52 Å². The number of anilines is 3. The number of nitrogens with one attached hydrogen (secondary N) is 2. The summed E-state index contributed by atoms with van der Waals surface area (Å²) in [5.41, 5.74) is 3.31. The average molecular weight is 478 g/mol. The van der Waals surface area contributed by atoms with E-state index in [1.807, 2.05) is 66.7 Å². The van der Waals surface area contributed by atoms with Crippen molar-refractivity contribution in [2.24, 2.45) is 5.92 Å². The summed E-state index contributed by atoms with van der Waals surface area (Å²) in [5.74, 6) is 0.197. The van der Waals surface area contributed by atoms with E-state index in [2.05, 4.69) is 27.1 Å². The summed E-state index contributed by atoms with van der Waals surface area (Å²) in [6.07, 6.45) is 5.25. The van der Waals surface area contributed by atoms with Crippen molar-refractivity contribution in [3.8, 4) is 0 Å². The van der Waals surface area contributed by atoms with Crippen molar-refractivity contribution in [2.75, 3.05) is 22.4 Å². The lowest BCUT2D eigenvalue weighted by Crippen LogP contribution is -2.38. The molecule has 0 aromatic heterocycles. The van der Waals surface area contributed by atoms with E-state index in [9.17, 15) is 13.2 Å². The van der Waals surface area contributed by atoms with Crippen LogP contribution in [0.5, 0.6) is 0 Å². The van der Waals surface area contributed by atoms with Gasteiger partial charge in [-0.05, 0) is 48.7 Å². The number of hydrogen-bond acceptors (Lipinski definition) is 4. The molecule has 0 spiro atoms. The molecule has 0 saturated heterocycles. The van der Waals surface area contributed by atoms with Gasteiger partial charge in [-0.1, -0.05) is 67.4 Å². The lowest BCUT2D eigenvalue weighted by Gasteiger charge is -2.35. The Morgan fingerprint density at radius 2 is 1.53 bits per heavy atom. The van der Waals surface area contributed by atoms with Crippen LogP contribution in [0.3, 0.4) is 0 Å². The number of rotatable bonds is 9. The van der Waals surface area contributed by atoms with E-state index >= 15 is 0 Å². The Morgan fingerprint density at radius 1 is 0.912 bits per heavy atom. The van der Waals surface area contributed by atoms with Gasteiger partial charge in [0.05, 0.1) is 18.0 Å². The molecule has 34 heavy (non-hydrogen) atoms. The maximum Gasteiger partial charge on any atom is 0.229 e. The number of nitrogens with zero attached hydrogens (tertiary/aromatic N) is 1. The Balaban J connectivity index is 1.73. The highest BCUT2D eigenvalue weighted by molar-refractivity contribution is 7.92. The maximum atomic E-state index is 12.9. The lowest BCUT2D eigenvalue weighted by atomic mass is 10.0. The van der Waals surface area contributed by atoms with Crippen LogP contribution in [0, 0.1) is 5.92 Å². The van der Waals surface area contributed by atoms with Gasteiger partial charge in [-0.2, -0.15) is 0 Å². The first-order valence-electron chi connectivity index (χ1n) is 11.7. The average Bonchev–Trinajstić information content (AvgIpc) is 3.37. The molecule has 1 aliphatic rings. The SMILES string of the molecule is CS(=O)(=O)Nc1cccc(N(c2ccccc2)C(CNC(=O)C2CCCC2)c2ccccc2)c1. The van der Waals surface area contributed by atoms with E-state index in [0.29, 0.717) is 12.2 Å². The van der Waals surface area contributed by atoms with E-state index in [1.54, 1.807) is 6.07 Å². The second-order valence-electron chi connectivity index (χ2n) is 8.78. The number of carbonyl (C=O) groups is 1. The van der Waals surface area contributed by atoms with Crippen molar-refractivity contribution in [3.05, 3.63) is 90.5 Å². The Labute approximate surface area is 202 Å². The summed E-state index contributed by atoms with van der Waals surface area (Å²) in [6.45, 7) is 0.429. The minimum absolute atomic E-state index is 0.0869. The highest BCUT2D eigenvalue weighted by Crippen LogP contribution is 2.36. The Kier molecular flexibility index (Phi) is 7.53. The van der Waals surface area contributed by atoms with Gasteiger partial charge in [0, 0.05) is 23.8 Å². The molecule has 1 saturated carbocycles. The molecule has 1 atom stereocenters. The van der Waals surface area contributed by atoms with E-state index in [-0.39, 0.29) is 17.9 Å². The zero-order valence-electron chi connectivity index (χ0n) is 19.4.